The van der Waals surface area contributed by atoms with Crippen LogP contribution in [0.4, 0.5) is 0 Å². The zero-order chi connectivity index (χ0) is 14.1. The molecule has 0 aliphatic heterocycles. The van der Waals surface area contributed by atoms with E-state index in [9.17, 15) is 4.79 Å². The normalized spacial score (nSPS) is 10.8. The lowest BCUT2D eigenvalue weighted by molar-refractivity contribution is 0.0986. The van der Waals surface area contributed by atoms with E-state index in [-0.39, 0.29) is 5.82 Å². The van der Waals surface area contributed by atoms with Gasteiger partial charge < -0.3 is 10.3 Å². The van der Waals surface area contributed by atoms with E-state index in [4.69, 9.17) is 17.3 Å². The summed E-state index contributed by atoms with van der Waals surface area (Å²) in [6.07, 6.45) is 3.08. The number of benzene rings is 1. The predicted molar refractivity (Wildman–Crippen MR) is 74.4 cm³/mol. The van der Waals surface area contributed by atoms with E-state index in [1.165, 1.54) is 6.33 Å². The molecule has 0 saturated carbocycles. The number of primary amides is 1. The van der Waals surface area contributed by atoms with Crippen molar-refractivity contribution in [3.63, 3.8) is 0 Å². The highest BCUT2D eigenvalue weighted by Gasteiger charge is 2.10. The summed E-state index contributed by atoms with van der Waals surface area (Å²) in [5, 5.41) is 8.90. The third kappa shape index (κ3) is 2.33. The van der Waals surface area contributed by atoms with Crippen LogP contribution in [-0.2, 0) is 6.54 Å². The van der Waals surface area contributed by atoms with Gasteiger partial charge >= 0.3 is 0 Å². The number of amides is 1. The monoisotopic (exact) mass is 287 g/mol. The highest BCUT2D eigenvalue weighted by atomic mass is 35.5. The maximum Gasteiger partial charge on any atom is 0.286 e. The number of nitrogens with two attached hydrogens (primary N) is 1. The molecule has 0 aliphatic rings. The van der Waals surface area contributed by atoms with Crippen LogP contribution in [0.1, 0.15) is 16.2 Å². The van der Waals surface area contributed by atoms with Gasteiger partial charge in [-0.3, -0.25) is 9.78 Å². The lowest BCUT2D eigenvalue weighted by atomic mass is 10.1. The number of aromatic nitrogens is 4. The molecule has 20 heavy (non-hydrogen) atoms. The third-order valence-electron chi connectivity index (χ3n) is 2.90. The summed E-state index contributed by atoms with van der Waals surface area (Å²) >= 11 is 5.93. The van der Waals surface area contributed by atoms with Crippen molar-refractivity contribution in [1.82, 2.24) is 19.7 Å². The fourth-order valence-electron chi connectivity index (χ4n) is 2.01. The van der Waals surface area contributed by atoms with Gasteiger partial charge in [-0.05, 0) is 23.8 Å². The summed E-state index contributed by atoms with van der Waals surface area (Å²) in [7, 11) is 0. The molecule has 2 aromatic heterocycles. The average molecular weight is 288 g/mol. The van der Waals surface area contributed by atoms with Gasteiger partial charge in [-0.25, -0.2) is 0 Å². The molecular weight excluding hydrogens is 278 g/mol. The fourth-order valence-corrected chi connectivity index (χ4v) is 2.18. The quantitative estimate of drug-likeness (QED) is 0.793. The van der Waals surface area contributed by atoms with Gasteiger partial charge in [0.2, 0.25) is 5.82 Å². The summed E-state index contributed by atoms with van der Waals surface area (Å²) in [4.78, 5) is 15.4. The summed E-state index contributed by atoms with van der Waals surface area (Å²) in [6.45, 7) is 0.452. The summed E-state index contributed by atoms with van der Waals surface area (Å²) in [5.41, 5.74) is 7.07. The van der Waals surface area contributed by atoms with Crippen LogP contribution in [-0.4, -0.2) is 25.7 Å². The SMILES string of the molecule is NC(=O)c1nncn1Cc1ccc2ncc(Cl)cc2c1. The van der Waals surface area contributed by atoms with Gasteiger partial charge in [-0.15, -0.1) is 10.2 Å². The molecule has 100 valence electrons. The topological polar surface area (TPSA) is 86.7 Å². The van der Waals surface area contributed by atoms with Crippen LogP contribution in [0.15, 0.2) is 36.8 Å². The molecule has 3 rings (SSSR count). The second-order valence-corrected chi connectivity index (χ2v) is 4.76. The molecule has 2 heterocycles. The van der Waals surface area contributed by atoms with E-state index in [2.05, 4.69) is 15.2 Å². The molecule has 0 atom stereocenters. The van der Waals surface area contributed by atoms with Crippen molar-refractivity contribution in [3.8, 4) is 0 Å². The molecule has 0 bridgehead atoms. The van der Waals surface area contributed by atoms with Crippen molar-refractivity contribution >= 4 is 28.4 Å². The highest BCUT2D eigenvalue weighted by molar-refractivity contribution is 6.31. The second-order valence-electron chi connectivity index (χ2n) is 4.33. The standard InChI is InChI=1S/C13H10ClN5O/c14-10-4-9-3-8(1-2-11(9)16-5-10)6-19-7-17-18-13(19)12(15)20/h1-5,7H,6H2,(H2,15,20). The molecular formula is C13H10ClN5O. The third-order valence-corrected chi connectivity index (χ3v) is 3.11. The summed E-state index contributed by atoms with van der Waals surface area (Å²) < 4.78 is 1.60. The van der Waals surface area contributed by atoms with E-state index < -0.39 is 5.91 Å². The van der Waals surface area contributed by atoms with E-state index in [1.807, 2.05) is 24.3 Å². The number of carbonyl (C=O) groups is 1. The largest absolute Gasteiger partial charge is 0.363 e. The van der Waals surface area contributed by atoms with Crippen LogP contribution in [0, 0.1) is 0 Å². The molecule has 0 unspecified atom stereocenters. The van der Waals surface area contributed by atoms with Crippen LogP contribution in [0.5, 0.6) is 0 Å². The number of fused-ring (bicyclic) bond motifs is 1. The molecule has 3 aromatic rings. The van der Waals surface area contributed by atoms with Crippen LogP contribution >= 0.6 is 11.6 Å². The number of hydrogen-bond acceptors (Lipinski definition) is 4. The van der Waals surface area contributed by atoms with Gasteiger partial charge in [0.1, 0.15) is 6.33 Å². The van der Waals surface area contributed by atoms with Gasteiger partial charge in [0.15, 0.2) is 0 Å². The fraction of sp³-hybridized carbons (Fsp3) is 0.0769. The minimum Gasteiger partial charge on any atom is -0.363 e. The van der Waals surface area contributed by atoms with Crippen LogP contribution in [0.2, 0.25) is 5.02 Å². The number of pyridine rings is 1. The van der Waals surface area contributed by atoms with Gasteiger partial charge in [0, 0.05) is 11.6 Å². The number of nitrogens with zero attached hydrogens (tertiary/aromatic N) is 4. The predicted octanol–water partition coefficient (Wildman–Crippen LogP) is 1.63. The lowest BCUT2D eigenvalue weighted by Crippen LogP contribution is -2.18. The molecule has 0 fully saturated rings. The highest BCUT2D eigenvalue weighted by Crippen LogP contribution is 2.18. The van der Waals surface area contributed by atoms with E-state index in [0.717, 1.165) is 16.5 Å². The Kier molecular flexibility index (Phi) is 3.08. The average Bonchev–Trinajstić information content (AvgIpc) is 2.86. The first-order chi connectivity index (χ1) is 9.63. The van der Waals surface area contributed by atoms with E-state index >= 15 is 0 Å². The first-order valence-electron chi connectivity index (χ1n) is 5.85. The zero-order valence-corrected chi connectivity index (χ0v) is 11.1. The summed E-state index contributed by atoms with van der Waals surface area (Å²) in [6, 6.07) is 7.62. The Hall–Kier alpha value is -2.47. The molecule has 1 aromatic carbocycles. The van der Waals surface area contributed by atoms with Crippen LogP contribution < -0.4 is 5.73 Å². The Morgan fingerprint density at radius 3 is 3.00 bits per heavy atom. The molecule has 0 saturated heterocycles. The first kappa shape index (κ1) is 12.6. The number of halogens is 1. The Balaban J connectivity index is 1.98. The molecule has 7 heteroatoms. The maximum atomic E-state index is 11.2. The van der Waals surface area contributed by atoms with Crippen LogP contribution in [0.25, 0.3) is 10.9 Å². The Labute approximate surface area is 119 Å². The first-order valence-corrected chi connectivity index (χ1v) is 6.23. The van der Waals surface area contributed by atoms with E-state index in [1.54, 1.807) is 10.8 Å². The molecule has 0 aliphatic carbocycles. The van der Waals surface area contributed by atoms with Crippen molar-refractivity contribution in [2.75, 3.05) is 0 Å². The Bertz CT molecular complexity index is 798. The van der Waals surface area contributed by atoms with Crippen LogP contribution in [0.3, 0.4) is 0 Å². The lowest BCUT2D eigenvalue weighted by Gasteiger charge is -2.06. The number of carbonyl (C=O) groups excluding carboxylic acids is 1. The van der Waals surface area contributed by atoms with Crippen molar-refractivity contribution in [1.29, 1.82) is 0 Å². The van der Waals surface area contributed by atoms with Gasteiger partial charge in [-0.2, -0.15) is 0 Å². The molecule has 0 spiro atoms. The molecule has 2 N–H and O–H groups in total. The Morgan fingerprint density at radius 2 is 2.20 bits per heavy atom. The van der Waals surface area contributed by atoms with E-state index in [0.29, 0.717) is 11.6 Å². The van der Waals surface area contributed by atoms with Crippen molar-refractivity contribution in [2.45, 2.75) is 6.54 Å². The van der Waals surface area contributed by atoms with Gasteiger partial charge in [-0.1, -0.05) is 17.7 Å². The zero-order valence-electron chi connectivity index (χ0n) is 10.3. The van der Waals surface area contributed by atoms with Gasteiger partial charge in [0.05, 0.1) is 17.1 Å². The maximum absolute atomic E-state index is 11.2. The smallest absolute Gasteiger partial charge is 0.286 e. The second kappa shape index (κ2) is 4.90. The van der Waals surface area contributed by atoms with Crippen molar-refractivity contribution < 1.29 is 4.79 Å². The molecule has 1 amide bonds. The minimum atomic E-state index is -0.604. The molecule has 6 nitrogen and oxygen atoms in total. The minimum absolute atomic E-state index is 0.134. The van der Waals surface area contributed by atoms with Crippen molar-refractivity contribution in [3.05, 3.63) is 53.2 Å². The molecule has 0 radical (unpaired) electrons. The number of rotatable bonds is 3. The Morgan fingerprint density at radius 1 is 1.35 bits per heavy atom. The number of hydrogen-bond donors (Lipinski definition) is 1. The summed E-state index contributed by atoms with van der Waals surface area (Å²) in [5.74, 6) is -0.470. The van der Waals surface area contributed by atoms with Crippen molar-refractivity contribution in [2.24, 2.45) is 5.73 Å². The van der Waals surface area contributed by atoms with Gasteiger partial charge in [0.25, 0.3) is 5.91 Å².